The Balaban J connectivity index is 2.33. The Bertz CT molecular complexity index is 360. The Morgan fingerprint density at radius 3 is 3.06 bits per heavy atom. The highest BCUT2D eigenvalue weighted by Gasteiger charge is 2.01. The van der Waals surface area contributed by atoms with Gasteiger partial charge < -0.3 is 9.84 Å². The number of ether oxygens (including phenoxy) is 1. The molecule has 1 aromatic rings. The summed E-state index contributed by atoms with van der Waals surface area (Å²) in [6, 6.07) is 2.01. The zero-order valence-electron chi connectivity index (χ0n) is 10.4. The molecule has 0 aliphatic rings. The average molecular weight is 252 g/mol. The highest BCUT2D eigenvalue weighted by Crippen LogP contribution is 2.17. The van der Waals surface area contributed by atoms with Crippen molar-refractivity contribution in [2.75, 3.05) is 13.2 Å². The zero-order chi connectivity index (χ0) is 12.3. The van der Waals surface area contributed by atoms with Crippen LogP contribution in [0.15, 0.2) is 11.4 Å². The van der Waals surface area contributed by atoms with E-state index in [4.69, 9.17) is 9.84 Å². The van der Waals surface area contributed by atoms with E-state index in [0.717, 1.165) is 18.6 Å². The van der Waals surface area contributed by atoms with Gasteiger partial charge in [0.25, 0.3) is 0 Å². The molecule has 0 amide bonds. The first kappa shape index (κ1) is 14.2. The monoisotopic (exact) mass is 252 g/mol. The molecule has 0 aliphatic heterocycles. The van der Waals surface area contributed by atoms with E-state index < -0.39 is 0 Å². The van der Waals surface area contributed by atoms with Crippen molar-refractivity contribution in [2.45, 2.75) is 39.2 Å². The van der Waals surface area contributed by atoms with Crippen molar-refractivity contribution < 1.29 is 9.84 Å². The lowest BCUT2D eigenvalue weighted by Crippen LogP contribution is -1.95. The van der Waals surface area contributed by atoms with E-state index >= 15 is 0 Å². The van der Waals surface area contributed by atoms with Crippen LogP contribution in [0.2, 0.25) is 0 Å². The molecule has 94 valence electrons. The number of unbranched alkanes of at least 4 members (excludes halogenated alkanes) is 2. The second kappa shape index (κ2) is 9.23. The van der Waals surface area contributed by atoms with E-state index in [1.54, 1.807) is 11.3 Å². The molecule has 2 nitrogen and oxygen atoms in total. The molecule has 0 unspecified atom stereocenters. The predicted octanol–water partition coefficient (Wildman–Crippen LogP) is 3.19. The van der Waals surface area contributed by atoms with Crippen LogP contribution in [-0.2, 0) is 11.3 Å². The third-order valence-electron chi connectivity index (χ3n) is 2.33. The molecule has 0 saturated heterocycles. The van der Waals surface area contributed by atoms with Crippen LogP contribution >= 0.6 is 11.3 Å². The molecule has 1 N–H and O–H groups in total. The first-order chi connectivity index (χ1) is 8.38. The molecular weight excluding hydrogens is 232 g/mol. The van der Waals surface area contributed by atoms with Crippen molar-refractivity contribution in [3.05, 3.63) is 21.9 Å². The van der Waals surface area contributed by atoms with Crippen LogP contribution in [0.25, 0.3) is 0 Å². The molecule has 0 saturated carbocycles. The summed E-state index contributed by atoms with van der Waals surface area (Å²) in [5.41, 5.74) is 1.04. The Labute approximate surface area is 108 Å². The SMILES string of the molecule is CCCCCOCc1sccc1C#CCCO. The largest absolute Gasteiger partial charge is 0.395 e. The van der Waals surface area contributed by atoms with Gasteiger partial charge in [0.2, 0.25) is 0 Å². The molecule has 17 heavy (non-hydrogen) atoms. The van der Waals surface area contributed by atoms with Gasteiger partial charge in [-0.15, -0.1) is 11.3 Å². The topological polar surface area (TPSA) is 29.5 Å². The zero-order valence-corrected chi connectivity index (χ0v) is 11.2. The second-order valence-corrected chi connectivity index (χ2v) is 4.79. The molecule has 1 heterocycles. The van der Waals surface area contributed by atoms with E-state index in [-0.39, 0.29) is 6.61 Å². The van der Waals surface area contributed by atoms with E-state index in [2.05, 4.69) is 18.8 Å². The number of rotatable bonds is 7. The molecule has 0 aliphatic carbocycles. The molecule has 0 atom stereocenters. The van der Waals surface area contributed by atoms with Gasteiger partial charge in [-0.1, -0.05) is 31.6 Å². The van der Waals surface area contributed by atoms with Gasteiger partial charge >= 0.3 is 0 Å². The van der Waals surface area contributed by atoms with Crippen LogP contribution in [0.3, 0.4) is 0 Å². The van der Waals surface area contributed by atoms with E-state index in [9.17, 15) is 0 Å². The quantitative estimate of drug-likeness (QED) is 0.596. The highest BCUT2D eigenvalue weighted by atomic mass is 32.1. The fraction of sp³-hybridized carbons (Fsp3) is 0.571. The maximum absolute atomic E-state index is 8.66. The minimum Gasteiger partial charge on any atom is -0.395 e. The van der Waals surface area contributed by atoms with Crippen molar-refractivity contribution in [3.8, 4) is 11.8 Å². The molecular formula is C14H20O2S. The summed E-state index contributed by atoms with van der Waals surface area (Å²) in [5.74, 6) is 6.01. The Morgan fingerprint density at radius 1 is 1.41 bits per heavy atom. The van der Waals surface area contributed by atoms with Gasteiger partial charge in [0.15, 0.2) is 0 Å². The van der Waals surface area contributed by atoms with Crippen LogP contribution in [-0.4, -0.2) is 18.3 Å². The Hall–Kier alpha value is -0.820. The van der Waals surface area contributed by atoms with Gasteiger partial charge in [-0.2, -0.15) is 0 Å². The van der Waals surface area contributed by atoms with Crippen molar-refractivity contribution in [2.24, 2.45) is 0 Å². The minimum absolute atomic E-state index is 0.125. The lowest BCUT2D eigenvalue weighted by molar-refractivity contribution is 0.119. The molecule has 1 rings (SSSR count). The summed E-state index contributed by atoms with van der Waals surface area (Å²) < 4.78 is 5.62. The second-order valence-electron chi connectivity index (χ2n) is 3.79. The van der Waals surface area contributed by atoms with Crippen LogP contribution in [0.5, 0.6) is 0 Å². The van der Waals surface area contributed by atoms with Crippen LogP contribution in [0, 0.1) is 11.8 Å². The molecule has 0 spiro atoms. The van der Waals surface area contributed by atoms with Crippen LogP contribution < -0.4 is 0 Å². The lowest BCUT2D eigenvalue weighted by Gasteiger charge is -2.02. The number of aliphatic hydroxyl groups is 1. The molecule has 0 fully saturated rings. The predicted molar refractivity (Wildman–Crippen MR) is 72.1 cm³/mol. The fourth-order valence-corrected chi connectivity index (χ4v) is 2.16. The number of hydrogen-bond acceptors (Lipinski definition) is 3. The van der Waals surface area contributed by atoms with Crippen LogP contribution in [0.1, 0.15) is 43.0 Å². The Morgan fingerprint density at radius 2 is 2.29 bits per heavy atom. The van der Waals surface area contributed by atoms with E-state index in [1.165, 1.54) is 17.7 Å². The summed E-state index contributed by atoms with van der Waals surface area (Å²) in [7, 11) is 0. The first-order valence-electron chi connectivity index (χ1n) is 6.12. The fourth-order valence-electron chi connectivity index (χ4n) is 1.40. The summed E-state index contributed by atoms with van der Waals surface area (Å²) in [6.45, 7) is 3.80. The summed E-state index contributed by atoms with van der Waals surface area (Å²) in [6.07, 6.45) is 4.12. The smallest absolute Gasteiger partial charge is 0.0821 e. The molecule has 0 radical (unpaired) electrons. The van der Waals surface area contributed by atoms with Gasteiger partial charge in [0, 0.05) is 23.5 Å². The standard InChI is InChI=1S/C14H20O2S/c1-2-3-6-10-16-12-14-13(8-11-17-14)7-4-5-9-15/h8,11,15H,2-3,5-6,9-10,12H2,1H3. The highest BCUT2D eigenvalue weighted by molar-refractivity contribution is 7.10. The van der Waals surface area contributed by atoms with Crippen molar-refractivity contribution >= 4 is 11.3 Å². The summed E-state index contributed by atoms with van der Waals surface area (Å²) in [4.78, 5) is 1.19. The number of aliphatic hydroxyl groups excluding tert-OH is 1. The van der Waals surface area contributed by atoms with E-state index in [1.807, 2.05) is 11.4 Å². The van der Waals surface area contributed by atoms with Gasteiger partial charge in [0.05, 0.1) is 13.2 Å². The number of thiophene rings is 1. The maximum atomic E-state index is 8.66. The molecule has 3 heteroatoms. The van der Waals surface area contributed by atoms with Gasteiger partial charge in [-0.3, -0.25) is 0 Å². The van der Waals surface area contributed by atoms with Crippen molar-refractivity contribution in [3.63, 3.8) is 0 Å². The van der Waals surface area contributed by atoms with E-state index in [0.29, 0.717) is 13.0 Å². The third kappa shape index (κ3) is 5.88. The normalized spacial score (nSPS) is 10.0. The molecule has 0 bridgehead atoms. The lowest BCUT2D eigenvalue weighted by atomic mass is 10.2. The maximum Gasteiger partial charge on any atom is 0.0821 e. The minimum atomic E-state index is 0.125. The van der Waals surface area contributed by atoms with Crippen molar-refractivity contribution in [1.82, 2.24) is 0 Å². The van der Waals surface area contributed by atoms with Gasteiger partial charge in [-0.05, 0) is 17.9 Å². The van der Waals surface area contributed by atoms with Crippen LogP contribution in [0.4, 0.5) is 0 Å². The molecule has 0 aromatic carbocycles. The van der Waals surface area contributed by atoms with Gasteiger partial charge in [0.1, 0.15) is 0 Å². The Kier molecular flexibility index (Phi) is 7.74. The third-order valence-corrected chi connectivity index (χ3v) is 3.23. The summed E-state index contributed by atoms with van der Waals surface area (Å²) >= 11 is 1.68. The first-order valence-corrected chi connectivity index (χ1v) is 7.00. The summed E-state index contributed by atoms with van der Waals surface area (Å²) in [5, 5.41) is 10.7. The number of hydrogen-bond donors (Lipinski definition) is 1. The van der Waals surface area contributed by atoms with Gasteiger partial charge in [-0.25, -0.2) is 0 Å². The molecule has 1 aromatic heterocycles. The van der Waals surface area contributed by atoms with Crippen molar-refractivity contribution in [1.29, 1.82) is 0 Å². The average Bonchev–Trinajstić information content (AvgIpc) is 2.77.